The molecule has 1 N–H and O–H groups in total. The SMILES string of the molecule is Cc1ccc(NC(=O)Cn2c3c(c(=O)n4nc(-c5ccccc5)nc24)CCC3)cc1. The van der Waals surface area contributed by atoms with Gasteiger partial charge in [-0.25, -0.2) is 0 Å². The molecule has 4 aromatic rings. The molecule has 0 bridgehead atoms. The molecule has 5 rings (SSSR count). The summed E-state index contributed by atoms with van der Waals surface area (Å²) in [6, 6.07) is 17.2. The quantitative estimate of drug-likeness (QED) is 0.572. The number of nitrogens with zero attached hydrogens (tertiary/aromatic N) is 4. The molecular weight excluding hydrogens is 378 g/mol. The van der Waals surface area contributed by atoms with Gasteiger partial charge in [0.15, 0.2) is 5.82 Å². The van der Waals surface area contributed by atoms with Gasteiger partial charge < -0.3 is 9.88 Å². The molecule has 0 atom stereocenters. The number of carbonyl (C=O) groups excluding carboxylic acids is 1. The van der Waals surface area contributed by atoms with Crippen molar-refractivity contribution in [3.8, 4) is 11.4 Å². The Balaban J connectivity index is 1.57. The van der Waals surface area contributed by atoms with Gasteiger partial charge in [-0.05, 0) is 38.3 Å². The number of fused-ring (bicyclic) bond motifs is 2. The highest BCUT2D eigenvalue weighted by molar-refractivity contribution is 5.90. The molecule has 1 amide bonds. The molecule has 0 saturated carbocycles. The number of anilines is 1. The van der Waals surface area contributed by atoms with Crippen molar-refractivity contribution in [2.45, 2.75) is 32.7 Å². The number of aryl methyl sites for hydroxylation is 1. The summed E-state index contributed by atoms with van der Waals surface area (Å²) < 4.78 is 3.18. The monoisotopic (exact) mass is 399 g/mol. The molecule has 2 aromatic heterocycles. The van der Waals surface area contributed by atoms with Crippen molar-refractivity contribution in [1.82, 2.24) is 19.2 Å². The van der Waals surface area contributed by atoms with Gasteiger partial charge in [0.05, 0.1) is 0 Å². The third-order valence-electron chi connectivity index (χ3n) is 5.47. The van der Waals surface area contributed by atoms with E-state index in [1.54, 1.807) is 0 Å². The Labute approximate surface area is 173 Å². The molecule has 0 radical (unpaired) electrons. The summed E-state index contributed by atoms with van der Waals surface area (Å²) in [6.45, 7) is 2.08. The Morgan fingerprint density at radius 2 is 1.83 bits per heavy atom. The minimum absolute atomic E-state index is 0.0763. The van der Waals surface area contributed by atoms with Crippen LogP contribution in [0.25, 0.3) is 17.2 Å². The van der Waals surface area contributed by atoms with Crippen LogP contribution in [0.5, 0.6) is 0 Å². The molecule has 0 spiro atoms. The Bertz CT molecular complexity index is 1300. The molecule has 30 heavy (non-hydrogen) atoms. The fraction of sp³-hybridized carbons (Fsp3) is 0.217. The fourth-order valence-electron chi connectivity index (χ4n) is 3.98. The molecule has 150 valence electrons. The van der Waals surface area contributed by atoms with E-state index in [0.717, 1.165) is 40.9 Å². The Morgan fingerprint density at radius 1 is 1.07 bits per heavy atom. The lowest BCUT2D eigenvalue weighted by Gasteiger charge is -2.14. The van der Waals surface area contributed by atoms with Crippen molar-refractivity contribution in [3.63, 3.8) is 0 Å². The average molecular weight is 399 g/mol. The van der Waals surface area contributed by atoms with Gasteiger partial charge in [0, 0.05) is 22.5 Å². The maximum absolute atomic E-state index is 13.0. The van der Waals surface area contributed by atoms with Crippen molar-refractivity contribution >= 4 is 17.4 Å². The Hall–Kier alpha value is -3.74. The van der Waals surface area contributed by atoms with Crippen LogP contribution in [-0.2, 0) is 24.2 Å². The third-order valence-corrected chi connectivity index (χ3v) is 5.47. The van der Waals surface area contributed by atoms with Crippen molar-refractivity contribution < 1.29 is 4.79 Å². The van der Waals surface area contributed by atoms with Gasteiger partial charge in [0.25, 0.3) is 5.56 Å². The zero-order chi connectivity index (χ0) is 20.7. The number of amides is 1. The molecule has 1 aliphatic rings. The standard InChI is InChI=1S/C23H21N5O2/c1-15-10-12-17(13-11-15)24-20(29)14-27-19-9-5-8-18(19)22(30)28-23(27)25-21(26-28)16-6-3-2-4-7-16/h2-4,6-7,10-13H,5,8-9,14H2,1H3,(H,24,29). The first-order chi connectivity index (χ1) is 14.6. The second kappa shape index (κ2) is 7.26. The number of hydrogen-bond acceptors (Lipinski definition) is 4. The molecule has 0 unspecified atom stereocenters. The summed E-state index contributed by atoms with van der Waals surface area (Å²) >= 11 is 0. The van der Waals surface area contributed by atoms with Crippen molar-refractivity contribution in [2.24, 2.45) is 0 Å². The number of rotatable bonds is 4. The van der Waals surface area contributed by atoms with Crippen LogP contribution in [-0.4, -0.2) is 25.1 Å². The van der Waals surface area contributed by atoms with Crippen LogP contribution in [0, 0.1) is 6.92 Å². The lowest BCUT2D eigenvalue weighted by atomic mass is 10.2. The lowest BCUT2D eigenvalue weighted by Crippen LogP contribution is -2.28. The van der Waals surface area contributed by atoms with E-state index in [2.05, 4.69) is 15.4 Å². The van der Waals surface area contributed by atoms with Crippen LogP contribution in [0.4, 0.5) is 5.69 Å². The average Bonchev–Trinajstić information content (AvgIpc) is 3.42. The van der Waals surface area contributed by atoms with Crippen LogP contribution in [0.15, 0.2) is 59.4 Å². The minimum Gasteiger partial charge on any atom is -0.325 e. The largest absolute Gasteiger partial charge is 0.325 e. The van der Waals surface area contributed by atoms with Crippen LogP contribution in [0.2, 0.25) is 0 Å². The zero-order valence-corrected chi connectivity index (χ0v) is 16.6. The maximum Gasteiger partial charge on any atom is 0.279 e. The normalized spacial score (nSPS) is 12.8. The summed E-state index contributed by atoms with van der Waals surface area (Å²) in [5, 5.41) is 7.39. The van der Waals surface area contributed by atoms with Crippen LogP contribution in [0.3, 0.4) is 0 Å². The molecule has 0 aliphatic heterocycles. The van der Waals surface area contributed by atoms with Gasteiger partial charge in [0.1, 0.15) is 6.54 Å². The van der Waals surface area contributed by atoms with E-state index in [4.69, 9.17) is 0 Å². The first-order valence-electron chi connectivity index (χ1n) is 10.0. The van der Waals surface area contributed by atoms with E-state index in [0.29, 0.717) is 18.0 Å². The van der Waals surface area contributed by atoms with Crippen molar-refractivity contribution in [2.75, 3.05) is 5.32 Å². The maximum atomic E-state index is 13.0. The van der Waals surface area contributed by atoms with Gasteiger partial charge >= 0.3 is 0 Å². The summed E-state index contributed by atoms with van der Waals surface area (Å²) in [5.41, 5.74) is 4.18. The van der Waals surface area contributed by atoms with Crippen LogP contribution >= 0.6 is 0 Å². The highest BCUT2D eigenvalue weighted by Gasteiger charge is 2.25. The van der Waals surface area contributed by atoms with Gasteiger partial charge in [-0.15, -0.1) is 5.10 Å². The highest BCUT2D eigenvalue weighted by atomic mass is 16.2. The van der Waals surface area contributed by atoms with Crippen LogP contribution < -0.4 is 10.9 Å². The topological polar surface area (TPSA) is 81.3 Å². The van der Waals surface area contributed by atoms with Crippen molar-refractivity contribution in [3.05, 3.63) is 81.8 Å². The highest BCUT2D eigenvalue weighted by Crippen LogP contribution is 2.22. The Kier molecular flexibility index (Phi) is 4.43. The zero-order valence-electron chi connectivity index (χ0n) is 16.6. The molecular formula is C23H21N5O2. The van der Waals surface area contributed by atoms with E-state index >= 15 is 0 Å². The number of hydrogen-bond donors (Lipinski definition) is 1. The summed E-state index contributed by atoms with van der Waals surface area (Å²) in [4.78, 5) is 30.4. The number of carbonyl (C=O) groups is 1. The first-order valence-corrected chi connectivity index (χ1v) is 10.0. The molecule has 2 heterocycles. The van der Waals surface area contributed by atoms with E-state index in [1.165, 1.54) is 4.52 Å². The molecule has 7 heteroatoms. The number of benzene rings is 2. The molecule has 7 nitrogen and oxygen atoms in total. The lowest BCUT2D eigenvalue weighted by molar-refractivity contribution is -0.116. The van der Waals surface area contributed by atoms with Crippen molar-refractivity contribution in [1.29, 1.82) is 0 Å². The molecule has 0 fully saturated rings. The molecule has 0 saturated heterocycles. The third kappa shape index (κ3) is 3.18. The predicted octanol–water partition coefficient (Wildman–Crippen LogP) is 2.99. The van der Waals surface area contributed by atoms with Gasteiger partial charge in [-0.2, -0.15) is 9.50 Å². The van der Waals surface area contributed by atoms with Crippen LogP contribution in [0.1, 0.15) is 23.2 Å². The second-order valence-corrected chi connectivity index (χ2v) is 7.60. The summed E-state index contributed by atoms with van der Waals surface area (Å²) in [7, 11) is 0. The van der Waals surface area contributed by atoms with E-state index in [-0.39, 0.29) is 18.0 Å². The number of aromatic nitrogens is 4. The predicted molar refractivity (Wildman–Crippen MR) is 115 cm³/mol. The molecule has 2 aromatic carbocycles. The number of nitrogens with one attached hydrogen (secondary N) is 1. The Morgan fingerprint density at radius 3 is 2.60 bits per heavy atom. The summed E-state index contributed by atoms with van der Waals surface area (Å²) in [5.74, 6) is 0.713. The minimum atomic E-state index is -0.164. The fourth-order valence-corrected chi connectivity index (χ4v) is 3.98. The van der Waals surface area contributed by atoms with E-state index < -0.39 is 0 Å². The second-order valence-electron chi connectivity index (χ2n) is 7.60. The summed E-state index contributed by atoms with van der Waals surface area (Å²) in [6.07, 6.45) is 2.35. The van der Waals surface area contributed by atoms with Gasteiger partial charge in [0.2, 0.25) is 11.7 Å². The molecule has 1 aliphatic carbocycles. The van der Waals surface area contributed by atoms with E-state index in [9.17, 15) is 9.59 Å². The van der Waals surface area contributed by atoms with E-state index in [1.807, 2.05) is 66.1 Å². The smallest absolute Gasteiger partial charge is 0.279 e. The van der Waals surface area contributed by atoms with Gasteiger partial charge in [-0.1, -0.05) is 48.0 Å². The first kappa shape index (κ1) is 18.3. The van der Waals surface area contributed by atoms with Gasteiger partial charge in [-0.3, -0.25) is 9.59 Å².